The Hall–Kier alpha value is -3.68. The third-order valence-electron chi connectivity index (χ3n) is 5.42. The summed E-state index contributed by atoms with van der Waals surface area (Å²) in [5.74, 6) is -0.210. The first-order valence-electron chi connectivity index (χ1n) is 12.9. The molecule has 0 bridgehead atoms. The second-order valence-corrected chi connectivity index (χ2v) is 7.98. The van der Waals surface area contributed by atoms with E-state index >= 15 is 0 Å². The van der Waals surface area contributed by atoms with Gasteiger partial charge in [-0.05, 0) is 59.0 Å². The summed E-state index contributed by atoms with van der Waals surface area (Å²) in [4.78, 5) is 53.7. The first-order chi connectivity index (χ1) is 18.4. The second kappa shape index (κ2) is 16.2. The molecule has 0 atom stereocenters. The van der Waals surface area contributed by atoms with Gasteiger partial charge in [-0.1, -0.05) is 6.08 Å². The molecule has 14 nitrogen and oxygen atoms in total. The van der Waals surface area contributed by atoms with Crippen LogP contribution >= 0.6 is 0 Å². The maximum Gasteiger partial charge on any atom is 0.435 e. The van der Waals surface area contributed by atoms with Crippen LogP contribution in [-0.4, -0.2) is 92.0 Å². The zero-order valence-electron chi connectivity index (χ0n) is 22.6. The lowest BCUT2D eigenvalue weighted by atomic mass is 9.95. The molecule has 1 fully saturated rings. The molecule has 14 heteroatoms. The molecule has 0 spiro atoms. The molecule has 38 heavy (non-hydrogen) atoms. The van der Waals surface area contributed by atoms with Crippen molar-refractivity contribution in [2.45, 2.75) is 53.4 Å². The molecule has 1 aliphatic carbocycles. The second-order valence-electron chi connectivity index (χ2n) is 7.98. The average molecular weight is 542 g/mol. The van der Waals surface area contributed by atoms with Gasteiger partial charge in [-0.25, -0.2) is 30.0 Å². The van der Waals surface area contributed by atoms with Crippen LogP contribution in [0.3, 0.4) is 0 Å². The van der Waals surface area contributed by atoms with Gasteiger partial charge in [0.1, 0.15) is 0 Å². The predicted molar refractivity (Wildman–Crippen MR) is 134 cm³/mol. The molecule has 2 N–H and O–H groups in total. The predicted octanol–water partition coefficient (Wildman–Crippen LogP) is 3.23. The standard InChI is InChI=1S/C24H39N5O9/c1-5-35-21(30)25-28(23(32)37-7-3)20(29(24(33)38-8-4)26-22(31)36-6-2)19(18-12-10-9-11-13-18)27-14-16-34-17-15-27/h12H,5-11,13-17H2,1-4H3,(H,25,30)(H,26,31). The van der Waals surface area contributed by atoms with Crippen LogP contribution in [0, 0.1) is 0 Å². The van der Waals surface area contributed by atoms with Crippen molar-refractivity contribution >= 4 is 24.4 Å². The van der Waals surface area contributed by atoms with Gasteiger partial charge in [-0.2, -0.15) is 10.0 Å². The molecule has 214 valence electrons. The Balaban J connectivity index is 2.86. The highest BCUT2D eigenvalue weighted by atomic mass is 16.6. The van der Waals surface area contributed by atoms with Crippen LogP contribution in [0.25, 0.3) is 0 Å². The zero-order valence-corrected chi connectivity index (χ0v) is 22.6. The van der Waals surface area contributed by atoms with E-state index in [1.807, 2.05) is 11.0 Å². The number of allylic oxidation sites excluding steroid dienone is 2. The fraction of sp³-hybridized carbons (Fsp3) is 0.667. The molecular weight excluding hydrogens is 502 g/mol. The third kappa shape index (κ3) is 8.71. The van der Waals surface area contributed by atoms with Gasteiger partial charge in [0.25, 0.3) is 0 Å². The van der Waals surface area contributed by atoms with Crippen molar-refractivity contribution in [3.05, 3.63) is 23.2 Å². The number of hydrogen-bond donors (Lipinski definition) is 2. The van der Waals surface area contributed by atoms with Crippen LogP contribution in [0.5, 0.6) is 0 Å². The van der Waals surface area contributed by atoms with Crippen molar-refractivity contribution in [1.29, 1.82) is 0 Å². The summed E-state index contributed by atoms with van der Waals surface area (Å²) in [5, 5.41) is 1.48. The third-order valence-corrected chi connectivity index (χ3v) is 5.42. The van der Waals surface area contributed by atoms with E-state index in [0.29, 0.717) is 38.4 Å². The lowest BCUT2D eigenvalue weighted by Gasteiger charge is -2.39. The summed E-state index contributed by atoms with van der Waals surface area (Å²) < 4.78 is 26.0. The summed E-state index contributed by atoms with van der Waals surface area (Å²) in [6.07, 6.45) is 1.26. The van der Waals surface area contributed by atoms with Crippen molar-refractivity contribution in [1.82, 2.24) is 25.8 Å². The summed E-state index contributed by atoms with van der Waals surface area (Å²) in [7, 11) is 0. The van der Waals surface area contributed by atoms with Crippen molar-refractivity contribution in [2.75, 3.05) is 52.7 Å². The quantitative estimate of drug-likeness (QED) is 0.346. The summed E-state index contributed by atoms with van der Waals surface area (Å²) >= 11 is 0. The maximum atomic E-state index is 13.3. The van der Waals surface area contributed by atoms with Gasteiger partial charge in [-0.15, -0.1) is 0 Å². The van der Waals surface area contributed by atoms with Crippen molar-refractivity contribution in [3.8, 4) is 0 Å². The number of hydrogen-bond acceptors (Lipinski definition) is 10. The van der Waals surface area contributed by atoms with Gasteiger partial charge in [0, 0.05) is 13.1 Å². The average Bonchev–Trinajstić information content (AvgIpc) is 2.91. The molecule has 0 aromatic rings. The number of rotatable bonds is 8. The topological polar surface area (TPSA) is 148 Å². The van der Waals surface area contributed by atoms with E-state index in [9.17, 15) is 19.2 Å². The van der Waals surface area contributed by atoms with Crippen molar-refractivity contribution in [2.24, 2.45) is 0 Å². The van der Waals surface area contributed by atoms with E-state index in [1.54, 1.807) is 27.7 Å². The number of morpholine rings is 1. The fourth-order valence-corrected chi connectivity index (χ4v) is 3.90. The molecule has 2 aliphatic rings. The molecule has 0 unspecified atom stereocenters. The number of amides is 4. The van der Waals surface area contributed by atoms with Gasteiger partial charge in [0.05, 0.1) is 45.3 Å². The molecule has 1 aliphatic heterocycles. The molecule has 1 heterocycles. The Morgan fingerprint density at radius 1 is 0.816 bits per heavy atom. The smallest absolute Gasteiger partial charge is 0.435 e. The van der Waals surface area contributed by atoms with Gasteiger partial charge in [0.2, 0.25) is 0 Å². The maximum absolute atomic E-state index is 13.3. The largest absolute Gasteiger partial charge is 0.449 e. The number of nitrogens with zero attached hydrogens (tertiary/aromatic N) is 3. The van der Waals surface area contributed by atoms with E-state index in [0.717, 1.165) is 34.9 Å². The van der Waals surface area contributed by atoms with Crippen LogP contribution in [-0.2, 0) is 23.7 Å². The van der Waals surface area contributed by atoms with E-state index in [-0.39, 0.29) is 32.2 Å². The van der Waals surface area contributed by atoms with Crippen LogP contribution in [0.4, 0.5) is 19.2 Å². The zero-order chi connectivity index (χ0) is 27.9. The summed E-state index contributed by atoms with van der Waals surface area (Å²) in [6, 6.07) is 0. The Labute approximate surface area is 222 Å². The molecule has 0 saturated carbocycles. The normalized spacial score (nSPS) is 14.8. The Kier molecular flexibility index (Phi) is 13.0. The lowest BCUT2D eigenvalue weighted by molar-refractivity contribution is 0.0352. The SMILES string of the molecule is CCOC(=O)NN(C(=O)OCC)C(=C(C1=CCCCC1)N1CCOCC1)N(NC(=O)OCC)C(=O)OCC. The van der Waals surface area contributed by atoms with Crippen LogP contribution in [0.2, 0.25) is 0 Å². The van der Waals surface area contributed by atoms with Crippen molar-refractivity contribution < 1.29 is 42.9 Å². The number of hydrazine groups is 2. The minimum Gasteiger partial charge on any atom is -0.449 e. The summed E-state index contributed by atoms with van der Waals surface area (Å²) in [6.45, 7) is 7.98. The van der Waals surface area contributed by atoms with E-state index in [4.69, 9.17) is 23.7 Å². The molecule has 0 aromatic carbocycles. The first-order valence-corrected chi connectivity index (χ1v) is 12.9. The van der Waals surface area contributed by atoms with Crippen molar-refractivity contribution in [3.63, 3.8) is 0 Å². The molecular formula is C24H39N5O9. The highest BCUT2D eigenvalue weighted by molar-refractivity contribution is 5.80. The molecule has 0 aromatic heterocycles. The Morgan fingerprint density at radius 2 is 1.32 bits per heavy atom. The lowest BCUT2D eigenvalue weighted by Crippen LogP contribution is -2.57. The fourth-order valence-electron chi connectivity index (χ4n) is 3.90. The number of carbonyl (C=O) groups excluding carboxylic acids is 4. The Bertz CT molecular complexity index is 843. The minimum absolute atomic E-state index is 0.0195. The molecule has 2 rings (SSSR count). The van der Waals surface area contributed by atoms with E-state index < -0.39 is 24.4 Å². The van der Waals surface area contributed by atoms with Gasteiger partial charge in [-0.3, -0.25) is 0 Å². The molecule has 4 amide bonds. The van der Waals surface area contributed by atoms with Crippen LogP contribution < -0.4 is 10.9 Å². The highest BCUT2D eigenvalue weighted by Crippen LogP contribution is 2.32. The Morgan fingerprint density at radius 3 is 1.74 bits per heavy atom. The summed E-state index contributed by atoms with van der Waals surface area (Å²) in [5.41, 5.74) is 5.95. The van der Waals surface area contributed by atoms with E-state index in [1.165, 1.54) is 0 Å². The molecule has 1 saturated heterocycles. The van der Waals surface area contributed by atoms with Gasteiger partial charge < -0.3 is 28.6 Å². The van der Waals surface area contributed by atoms with Crippen LogP contribution in [0.15, 0.2) is 23.2 Å². The highest BCUT2D eigenvalue weighted by Gasteiger charge is 2.38. The number of carbonyl (C=O) groups is 4. The van der Waals surface area contributed by atoms with Crippen LogP contribution in [0.1, 0.15) is 53.4 Å². The van der Waals surface area contributed by atoms with E-state index in [2.05, 4.69) is 10.9 Å². The van der Waals surface area contributed by atoms with Gasteiger partial charge in [0.15, 0.2) is 5.82 Å². The van der Waals surface area contributed by atoms with Gasteiger partial charge >= 0.3 is 24.4 Å². The monoisotopic (exact) mass is 541 g/mol. The molecule has 0 radical (unpaired) electrons. The number of ether oxygens (including phenoxy) is 5. The number of nitrogens with one attached hydrogen (secondary N) is 2. The first kappa shape index (κ1) is 30.5. The minimum atomic E-state index is -1.02.